The predicted molar refractivity (Wildman–Crippen MR) is 107 cm³/mol. The molecule has 9 heteroatoms. The van der Waals surface area contributed by atoms with Crippen LogP contribution in [0.3, 0.4) is 0 Å². The van der Waals surface area contributed by atoms with Gasteiger partial charge in [-0.2, -0.15) is 18.3 Å². The Labute approximate surface area is 174 Å². The first kappa shape index (κ1) is 23.2. The van der Waals surface area contributed by atoms with E-state index < -0.39 is 17.2 Å². The minimum Gasteiger partial charge on any atom is -0.355 e. The first-order valence-corrected chi connectivity index (χ1v) is 9.22. The second-order valence-electron chi connectivity index (χ2n) is 8.00. The molecule has 0 unspecified atom stereocenters. The molecule has 1 aromatic heterocycles. The number of halogens is 4. The van der Waals surface area contributed by atoms with Crippen LogP contribution in [0.15, 0.2) is 36.7 Å². The van der Waals surface area contributed by atoms with Gasteiger partial charge in [0.25, 0.3) is 0 Å². The SMILES string of the molecule is Cl.Cn1cc([C@H]2CNC[C@@H]2C(=O)NCC(C)(C)c2cccc(C(F)(F)F)c2)cn1. The van der Waals surface area contributed by atoms with E-state index in [4.69, 9.17) is 0 Å². The van der Waals surface area contributed by atoms with Gasteiger partial charge >= 0.3 is 6.18 Å². The Morgan fingerprint density at radius 3 is 2.59 bits per heavy atom. The van der Waals surface area contributed by atoms with Gasteiger partial charge in [-0.25, -0.2) is 0 Å². The zero-order valence-corrected chi connectivity index (χ0v) is 17.4. The van der Waals surface area contributed by atoms with Gasteiger partial charge in [0.05, 0.1) is 17.7 Å². The molecule has 0 bridgehead atoms. The van der Waals surface area contributed by atoms with Crippen molar-refractivity contribution < 1.29 is 18.0 Å². The minimum atomic E-state index is -4.39. The zero-order chi connectivity index (χ0) is 20.5. The lowest BCUT2D eigenvalue weighted by molar-refractivity contribution is -0.137. The Kier molecular flexibility index (Phi) is 7.01. The highest BCUT2D eigenvalue weighted by atomic mass is 35.5. The molecule has 0 aliphatic carbocycles. The van der Waals surface area contributed by atoms with Crippen LogP contribution < -0.4 is 10.6 Å². The molecule has 1 aliphatic heterocycles. The van der Waals surface area contributed by atoms with Crippen LogP contribution in [0.2, 0.25) is 0 Å². The van der Waals surface area contributed by atoms with E-state index in [1.165, 1.54) is 6.07 Å². The fourth-order valence-electron chi connectivity index (χ4n) is 3.59. The Balaban J connectivity index is 0.00000300. The molecule has 3 rings (SSSR count). The van der Waals surface area contributed by atoms with Gasteiger partial charge in [-0.1, -0.05) is 32.0 Å². The van der Waals surface area contributed by atoms with Gasteiger partial charge in [-0.05, 0) is 17.2 Å². The van der Waals surface area contributed by atoms with E-state index in [1.54, 1.807) is 16.9 Å². The van der Waals surface area contributed by atoms with E-state index in [-0.39, 0.29) is 36.7 Å². The van der Waals surface area contributed by atoms with Crippen LogP contribution in [0.4, 0.5) is 13.2 Å². The van der Waals surface area contributed by atoms with Crippen molar-refractivity contribution >= 4 is 18.3 Å². The Hall–Kier alpha value is -2.06. The first-order chi connectivity index (χ1) is 13.1. The molecule has 1 aromatic carbocycles. The number of alkyl halides is 3. The molecule has 1 amide bonds. The van der Waals surface area contributed by atoms with E-state index in [9.17, 15) is 18.0 Å². The summed E-state index contributed by atoms with van der Waals surface area (Å²) in [5, 5.41) is 10.4. The average Bonchev–Trinajstić information content (AvgIpc) is 3.28. The van der Waals surface area contributed by atoms with Crippen molar-refractivity contribution in [3.05, 3.63) is 53.3 Å². The van der Waals surface area contributed by atoms with E-state index in [0.29, 0.717) is 18.7 Å². The number of benzene rings is 1. The number of rotatable bonds is 5. The number of nitrogens with zero attached hydrogens (tertiary/aromatic N) is 2. The molecular weight excluding hydrogens is 405 g/mol. The van der Waals surface area contributed by atoms with Crippen molar-refractivity contribution in [3.63, 3.8) is 0 Å². The molecule has 5 nitrogen and oxygen atoms in total. The smallest absolute Gasteiger partial charge is 0.355 e. The third-order valence-corrected chi connectivity index (χ3v) is 5.38. The lowest BCUT2D eigenvalue weighted by atomic mass is 9.83. The summed E-state index contributed by atoms with van der Waals surface area (Å²) in [5.41, 5.74) is 0.231. The van der Waals surface area contributed by atoms with Crippen LogP contribution in [0, 0.1) is 5.92 Å². The molecule has 1 aliphatic rings. The maximum absolute atomic E-state index is 13.0. The molecule has 1 fully saturated rings. The van der Waals surface area contributed by atoms with Crippen LogP contribution in [0.1, 0.15) is 36.5 Å². The minimum absolute atomic E-state index is 0. The van der Waals surface area contributed by atoms with Gasteiger partial charge in [0.1, 0.15) is 0 Å². The normalized spacial score (nSPS) is 19.7. The zero-order valence-electron chi connectivity index (χ0n) is 16.6. The van der Waals surface area contributed by atoms with Crippen LogP contribution in [-0.2, 0) is 23.4 Å². The van der Waals surface area contributed by atoms with E-state index in [1.807, 2.05) is 27.1 Å². The van der Waals surface area contributed by atoms with Crippen molar-refractivity contribution in [2.75, 3.05) is 19.6 Å². The van der Waals surface area contributed by atoms with Crippen molar-refractivity contribution in [3.8, 4) is 0 Å². The summed E-state index contributed by atoms with van der Waals surface area (Å²) in [6, 6.07) is 5.28. The predicted octanol–water partition coefficient (Wildman–Crippen LogP) is 3.26. The monoisotopic (exact) mass is 430 g/mol. The summed E-state index contributed by atoms with van der Waals surface area (Å²) in [6.07, 6.45) is -0.711. The van der Waals surface area contributed by atoms with Gasteiger partial charge in [0.15, 0.2) is 0 Å². The molecule has 0 saturated carbocycles. The quantitative estimate of drug-likeness (QED) is 0.765. The van der Waals surface area contributed by atoms with Crippen molar-refractivity contribution in [1.29, 1.82) is 0 Å². The molecule has 2 atom stereocenters. The molecule has 29 heavy (non-hydrogen) atoms. The number of hydrogen-bond donors (Lipinski definition) is 2. The highest BCUT2D eigenvalue weighted by Gasteiger charge is 2.36. The number of aryl methyl sites for hydroxylation is 1. The lowest BCUT2D eigenvalue weighted by Crippen LogP contribution is -2.41. The number of carbonyl (C=O) groups is 1. The number of carbonyl (C=O) groups excluding carboxylic acids is 1. The summed E-state index contributed by atoms with van der Waals surface area (Å²) in [5.74, 6) is -0.300. The maximum atomic E-state index is 13.0. The number of aromatic nitrogens is 2. The van der Waals surface area contributed by atoms with Crippen LogP contribution in [-0.4, -0.2) is 35.3 Å². The molecule has 2 aromatic rings. The maximum Gasteiger partial charge on any atom is 0.416 e. The van der Waals surface area contributed by atoms with Crippen LogP contribution in [0.25, 0.3) is 0 Å². The van der Waals surface area contributed by atoms with Crippen LogP contribution in [0.5, 0.6) is 0 Å². The van der Waals surface area contributed by atoms with Crippen molar-refractivity contribution in [2.24, 2.45) is 13.0 Å². The first-order valence-electron chi connectivity index (χ1n) is 9.22. The van der Waals surface area contributed by atoms with Crippen molar-refractivity contribution in [2.45, 2.75) is 31.4 Å². The summed E-state index contributed by atoms with van der Waals surface area (Å²) in [6.45, 7) is 5.17. The molecule has 0 radical (unpaired) electrons. The van der Waals surface area contributed by atoms with Gasteiger partial charge in [-0.3, -0.25) is 9.48 Å². The van der Waals surface area contributed by atoms with Crippen molar-refractivity contribution in [1.82, 2.24) is 20.4 Å². The highest BCUT2D eigenvalue weighted by Crippen LogP contribution is 2.33. The molecule has 1 saturated heterocycles. The fraction of sp³-hybridized carbons (Fsp3) is 0.500. The van der Waals surface area contributed by atoms with Gasteiger partial charge in [0, 0.05) is 44.2 Å². The third kappa shape index (κ3) is 5.30. The second-order valence-corrected chi connectivity index (χ2v) is 8.00. The summed E-state index contributed by atoms with van der Waals surface area (Å²) in [7, 11) is 1.83. The number of amides is 1. The largest absolute Gasteiger partial charge is 0.416 e. The Morgan fingerprint density at radius 1 is 1.28 bits per heavy atom. The Bertz CT molecular complexity index is 850. The highest BCUT2D eigenvalue weighted by molar-refractivity contribution is 5.85. The molecular formula is C20H26ClF3N4O. The second kappa shape index (κ2) is 8.75. The van der Waals surface area contributed by atoms with E-state index >= 15 is 0 Å². The van der Waals surface area contributed by atoms with E-state index in [2.05, 4.69) is 15.7 Å². The third-order valence-electron chi connectivity index (χ3n) is 5.38. The van der Waals surface area contributed by atoms with Gasteiger partial charge in [0.2, 0.25) is 5.91 Å². The van der Waals surface area contributed by atoms with Gasteiger partial charge < -0.3 is 10.6 Å². The summed E-state index contributed by atoms with van der Waals surface area (Å²) >= 11 is 0. The number of hydrogen-bond acceptors (Lipinski definition) is 3. The lowest BCUT2D eigenvalue weighted by Gasteiger charge is -2.28. The van der Waals surface area contributed by atoms with Gasteiger partial charge in [-0.15, -0.1) is 12.4 Å². The standard InChI is InChI=1S/C20H25F3N4O.ClH/c1-19(2,14-5-4-6-15(7-14)20(21,22)23)12-25-18(28)17-10-24-9-16(17)13-8-26-27(3)11-13;/h4-8,11,16-17,24H,9-10,12H2,1-3H3,(H,25,28);1H/t16-,17+;/m1./s1. The summed E-state index contributed by atoms with van der Waals surface area (Å²) in [4.78, 5) is 12.8. The molecule has 0 spiro atoms. The number of nitrogens with one attached hydrogen (secondary N) is 2. The van der Waals surface area contributed by atoms with E-state index in [0.717, 1.165) is 17.7 Å². The molecule has 160 valence electrons. The topological polar surface area (TPSA) is 59.0 Å². The fourth-order valence-corrected chi connectivity index (χ4v) is 3.59. The average molecular weight is 431 g/mol. The molecule has 2 N–H and O–H groups in total. The molecule has 2 heterocycles. The van der Waals surface area contributed by atoms with Crippen LogP contribution >= 0.6 is 12.4 Å². The Morgan fingerprint density at radius 2 is 1.97 bits per heavy atom. The summed E-state index contributed by atoms with van der Waals surface area (Å²) < 4.78 is 40.7.